The minimum absolute atomic E-state index is 0.371. The molecule has 2 heterocycles. The van der Waals surface area contributed by atoms with Gasteiger partial charge in [0.2, 0.25) is 0 Å². The van der Waals surface area contributed by atoms with Gasteiger partial charge in [-0.25, -0.2) is 0 Å². The van der Waals surface area contributed by atoms with Gasteiger partial charge in [0.15, 0.2) is 0 Å². The molecule has 4 heteroatoms. The zero-order chi connectivity index (χ0) is 13.1. The van der Waals surface area contributed by atoms with Gasteiger partial charge in [0.1, 0.15) is 0 Å². The molecule has 0 aliphatic rings. The summed E-state index contributed by atoms with van der Waals surface area (Å²) in [7, 11) is 1.96. The van der Waals surface area contributed by atoms with Crippen LogP contribution in [-0.4, -0.2) is 9.78 Å². The van der Waals surface area contributed by atoms with Crippen molar-refractivity contribution in [2.75, 3.05) is 0 Å². The van der Waals surface area contributed by atoms with Gasteiger partial charge in [0.25, 0.3) is 0 Å². The molecule has 0 aromatic carbocycles. The summed E-state index contributed by atoms with van der Waals surface area (Å²) in [5.41, 5.74) is 1.26. The zero-order valence-electron chi connectivity index (χ0n) is 11.5. The first-order valence-corrected chi connectivity index (χ1v) is 7.22. The topological polar surface area (TPSA) is 29.9 Å². The Labute approximate surface area is 113 Å². The molecule has 0 fully saturated rings. The molecule has 0 unspecified atom stereocenters. The van der Waals surface area contributed by atoms with E-state index in [0.29, 0.717) is 12.1 Å². The van der Waals surface area contributed by atoms with Gasteiger partial charge < -0.3 is 5.32 Å². The second-order valence-electron chi connectivity index (χ2n) is 4.74. The Hall–Kier alpha value is -1.13. The number of thiophene rings is 1. The molecule has 0 saturated carbocycles. The minimum atomic E-state index is 0.371. The number of aryl methyl sites for hydroxylation is 2. The van der Waals surface area contributed by atoms with Crippen molar-refractivity contribution < 1.29 is 0 Å². The highest BCUT2D eigenvalue weighted by Gasteiger charge is 2.15. The van der Waals surface area contributed by atoms with Crippen molar-refractivity contribution in [2.24, 2.45) is 7.05 Å². The van der Waals surface area contributed by atoms with E-state index >= 15 is 0 Å². The lowest BCUT2D eigenvalue weighted by molar-refractivity contribution is 0.460. The third-order valence-electron chi connectivity index (χ3n) is 3.17. The van der Waals surface area contributed by atoms with Gasteiger partial charge in [-0.1, -0.05) is 6.92 Å². The van der Waals surface area contributed by atoms with Crippen LogP contribution in [-0.2, 0) is 7.05 Å². The molecule has 1 N–H and O–H groups in total. The van der Waals surface area contributed by atoms with E-state index in [2.05, 4.69) is 49.5 Å². The van der Waals surface area contributed by atoms with Crippen LogP contribution in [0.2, 0.25) is 0 Å². The van der Waals surface area contributed by atoms with Gasteiger partial charge in [-0.15, -0.1) is 11.3 Å². The molecular weight excluding hydrogens is 242 g/mol. The molecule has 18 heavy (non-hydrogen) atoms. The summed E-state index contributed by atoms with van der Waals surface area (Å²) in [6.07, 6.45) is 5.11. The molecule has 0 amide bonds. The molecule has 2 aromatic rings. The second kappa shape index (κ2) is 5.67. The third-order valence-corrected chi connectivity index (χ3v) is 4.36. The molecule has 3 nitrogen and oxygen atoms in total. The first-order chi connectivity index (χ1) is 8.60. The van der Waals surface area contributed by atoms with Crippen molar-refractivity contribution in [2.45, 2.75) is 39.3 Å². The van der Waals surface area contributed by atoms with Crippen molar-refractivity contribution in [1.82, 2.24) is 15.1 Å². The number of aromatic nitrogens is 2. The largest absolute Gasteiger partial charge is 0.302 e. The van der Waals surface area contributed by atoms with E-state index in [1.807, 2.05) is 29.3 Å². The van der Waals surface area contributed by atoms with Gasteiger partial charge in [-0.3, -0.25) is 4.68 Å². The Kier molecular flexibility index (Phi) is 4.19. The van der Waals surface area contributed by atoms with E-state index in [-0.39, 0.29) is 0 Å². The lowest BCUT2D eigenvalue weighted by Crippen LogP contribution is -2.23. The quantitative estimate of drug-likeness (QED) is 0.893. The molecule has 2 aromatic heterocycles. The predicted molar refractivity (Wildman–Crippen MR) is 76.8 cm³/mol. The third kappa shape index (κ3) is 3.00. The van der Waals surface area contributed by atoms with Crippen LogP contribution in [0.1, 0.15) is 47.7 Å². The molecule has 0 spiro atoms. The summed E-state index contributed by atoms with van der Waals surface area (Å²) in [6.45, 7) is 6.58. The van der Waals surface area contributed by atoms with Crippen LogP contribution in [0.5, 0.6) is 0 Å². The highest BCUT2D eigenvalue weighted by Crippen LogP contribution is 2.26. The molecule has 2 rings (SSSR count). The van der Waals surface area contributed by atoms with Gasteiger partial charge in [-0.05, 0) is 32.4 Å². The van der Waals surface area contributed by atoms with Crippen LogP contribution in [0.25, 0.3) is 0 Å². The molecular formula is C14H21N3S. The maximum atomic E-state index is 4.25. The van der Waals surface area contributed by atoms with Gasteiger partial charge >= 0.3 is 0 Å². The van der Waals surface area contributed by atoms with Crippen LogP contribution < -0.4 is 5.32 Å². The number of hydrogen-bond acceptors (Lipinski definition) is 3. The Bertz CT molecular complexity index is 501. The highest BCUT2D eigenvalue weighted by molar-refractivity contribution is 7.12. The monoisotopic (exact) mass is 263 g/mol. The molecule has 0 radical (unpaired) electrons. The molecule has 0 aliphatic heterocycles. The average molecular weight is 263 g/mol. The van der Waals surface area contributed by atoms with Crippen LogP contribution in [0.3, 0.4) is 0 Å². The highest BCUT2D eigenvalue weighted by atomic mass is 32.1. The Morgan fingerprint density at radius 2 is 2.22 bits per heavy atom. The summed E-state index contributed by atoms with van der Waals surface area (Å²) >= 11 is 1.87. The van der Waals surface area contributed by atoms with E-state index in [1.165, 1.54) is 15.3 Å². The Morgan fingerprint density at radius 1 is 1.44 bits per heavy atom. The summed E-state index contributed by atoms with van der Waals surface area (Å²) in [4.78, 5) is 2.77. The summed E-state index contributed by atoms with van der Waals surface area (Å²) in [6, 6.07) is 5.15. The molecule has 0 aliphatic carbocycles. The molecule has 0 saturated heterocycles. The maximum absolute atomic E-state index is 4.25. The van der Waals surface area contributed by atoms with Gasteiger partial charge in [0, 0.05) is 40.6 Å². The fourth-order valence-corrected chi connectivity index (χ4v) is 3.03. The number of rotatable bonds is 5. The van der Waals surface area contributed by atoms with Crippen molar-refractivity contribution >= 4 is 11.3 Å². The smallest absolute Gasteiger partial charge is 0.0537 e. The van der Waals surface area contributed by atoms with Crippen LogP contribution >= 0.6 is 11.3 Å². The molecule has 2 atom stereocenters. The fraction of sp³-hybridized carbons (Fsp3) is 0.500. The number of hydrogen-bond donors (Lipinski definition) is 1. The van der Waals surface area contributed by atoms with E-state index in [1.54, 1.807) is 0 Å². The van der Waals surface area contributed by atoms with Crippen LogP contribution in [0.15, 0.2) is 24.5 Å². The Balaban J connectivity index is 2.06. The van der Waals surface area contributed by atoms with E-state index in [0.717, 1.165) is 6.42 Å². The fourth-order valence-electron chi connectivity index (χ4n) is 2.14. The van der Waals surface area contributed by atoms with Gasteiger partial charge in [0.05, 0.1) is 6.20 Å². The van der Waals surface area contributed by atoms with Crippen molar-refractivity contribution in [1.29, 1.82) is 0 Å². The lowest BCUT2D eigenvalue weighted by Gasteiger charge is -2.20. The normalized spacial score (nSPS) is 14.7. The van der Waals surface area contributed by atoms with Gasteiger partial charge in [-0.2, -0.15) is 5.10 Å². The SMILES string of the molecule is CC[C@H](N[C@H](C)c1ccc(C)s1)c1cnn(C)c1. The number of nitrogens with one attached hydrogen (secondary N) is 1. The summed E-state index contributed by atoms with van der Waals surface area (Å²) in [5.74, 6) is 0. The standard InChI is InChI=1S/C14H21N3S/c1-5-13(12-8-15-17(4)9-12)16-11(3)14-7-6-10(2)18-14/h6-9,11,13,16H,5H2,1-4H3/t11-,13+/m1/s1. The average Bonchev–Trinajstić information content (AvgIpc) is 2.94. The van der Waals surface area contributed by atoms with E-state index in [9.17, 15) is 0 Å². The lowest BCUT2D eigenvalue weighted by atomic mass is 10.1. The Morgan fingerprint density at radius 3 is 2.72 bits per heavy atom. The predicted octanol–water partition coefficient (Wildman–Crippen LogP) is 3.59. The molecule has 0 bridgehead atoms. The maximum Gasteiger partial charge on any atom is 0.0537 e. The minimum Gasteiger partial charge on any atom is -0.302 e. The number of nitrogens with zero attached hydrogens (tertiary/aromatic N) is 2. The van der Waals surface area contributed by atoms with E-state index < -0.39 is 0 Å². The summed E-state index contributed by atoms with van der Waals surface area (Å²) in [5, 5.41) is 7.93. The van der Waals surface area contributed by atoms with Crippen molar-refractivity contribution in [3.8, 4) is 0 Å². The first kappa shape index (κ1) is 13.3. The zero-order valence-corrected chi connectivity index (χ0v) is 12.3. The molecule has 98 valence electrons. The van der Waals surface area contributed by atoms with Crippen LogP contribution in [0, 0.1) is 6.92 Å². The van der Waals surface area contributed by atoms with Crippen molar-refractivity contribution in [3.05, 3.63) is 39.8 Å². The van der Waals surface area contributed by atoms with Crippen molar-refractivity contribution in [3.63, 3.8) is 0 Å². The van der Waals surface area contributed by atoms with Crippen LogP contribution in [0.4, 0.5) is 0 Å². The second-order valence-corrected chi connectivity index (χ2v) is 6.06. The first-order valence-electron chi connectivity index (χ1n) is 6.41. The summed E-state index contributed by atoms with van der Waals surface area (Å²) < 4.78 is 1.86. The van der Waals surface area contributed by atoms with E-state index in [4.69, 9.17) is 0 Å².